The highest BCUT2D eigenvalue weighted by Crippen LogP contribution is 2.60. The first-order valence-corrected chi connectivity index (χ1v) is 11.7. The number of carbonyl (C=O) groups excluding carboxylic acids is 2. The number of carbonyl (C=O) groups is 2. The van der Waals surface area contributed by atoms with Gasteiger partial charge in [0.2, 0.25) is 11.8 Å². The molecule has 4 bridgehead atoms. The standard InChI is InChI=1S/C23H27FN6O2/c24-18-4-3-17(30-13-25-27-28-30)9-19(18)26-21(31)20-2-1-5-29(20)22(32)23-10-14-6-15(11-23)8-16(7-14)12-23/h3-4,9,13-16,20H,1-2,5-8,10-12H2,(H,26,31). The zero-order chi connectivity index (χ0) is 21.9. The van der Waals surface area contributed by atoms with Crippen LogP contribution >= 0.6 is 0 Å². The van der Waals surface area contributed by atoms with Crippen LogP contribution < -0.4 is 5.32 Å². The minimum Gasteiger partial charge on any atom is -0.330 e. The molecule has 4 saturated carbocycles. The first-order valence-electron chi connectivity index (χ1n) is 11.7. The predicted molar refractivity (Wildman–Crippen MR) is 113 cm³/mol. The number of amides is 2. The van der Waals surface area contributed by atoms with Crippen molar-refractivity contribution in [3.05, 3.63) is 30.3 Å². The van der Waals surface area contributed by atoms with Crippen LogP contribution in [0.3, 0.4) is 0 Å². The average Bonchev–Trinajstić information content (AvgIpc) is 3.46. The summed E-state index contributed by atoms with van der Waals surface area (Å²) in [4.78, 5) is 28.8. The predicted octanol–water partition coefficient (Wildman–Crippen LogP) is 2.95. The van der Waals surface area contributed by atoms with E-state index in [1.54, 1.807) is 11.0 Å². The number of likely N-dealkylation sites (tertiary alicyclic amines) is 1. The lowest BCUT2D eigenvalue weighted by Crippen LogP contribution is -2.56. The molecule has 2 aromatic rings. The third kappa shape index (κ3) is 3.20. The van der Waals surface area contributed by atoms with Gasteiger partial charge in [-0.1, -0.05) is 0 Å². The maximum Gasteiger partial charge on any atom is 0.247 e. The van der Waals surface area contributed by atoms with Gasteiger partial charge in [0.25, 0.3) is 0 Å². The van der Waals surface area contributed by atoms with Crippen LogP contribution in [0.1, 0.15) is 51.4 Å². The van der Waals surface area contributed by atoms with Crippen LogP contribution in [0, 0.1) is 29.0 Å². The molecule has 9 heteroatoms. The van der Waals surface area contributed by atoms with Gasteiger partial charge in [-0.2, -0.15) is 0 Å². The average molecular weight is 439 g/mol. The third-order valence-corrected chi connectivity index (χ3v) is 8.13. The Morgan fingerprint density at radius 2 is 1.81 bits per heavy atom. The molecule has 0 spiro atoms. The molecule has 8 nitrogen and oxygen atoms in total. The minimum atomic E-state index is -0.549. The van der Waals surface area contributed by atoms with Gasteiger partial charge in [0, 0.05) is 6.54 Å². The van der Waals surface area contributed by atoms with Crippen LogP contribution in [0.25, 0.3) is 5.69 Å². The van der Waals surface area contributed by atoms with Gasteiger partial charge < -0.3 is 10.2 Å². The van der Waals surface area contributed by atoms with E-state index >= 15 is 0 Å². The van der Waals surface area contributed by atoms with Crippen LogP contribution in [0.4, 0.5) is 10.1 Å². The summed E-state index contributed by atoms with van der Waals surface area (Å²) in [5.41, 5.74) is 0.333. The summed E-state index contributed by atoms with van der Waals surface area (Å²) in [7, 11) is 0. The van der Waals surface area contributed by atoms with E-state index in [1.807, 2.05) is 0 Å². The molecule has 168 valence electrons. The maximum atomic E-state index is 14.5. The Labute approximate surface area is 185 Å². The van der Waals surface area contributed by atoms with Crippen molar-refractivity contribution in [3.63, 3.8) is 0 Å². The number of hydrogen-bond donors (Lipinski definition) is 1. The zero-order valence-electron chi connectivity index (χ0n) is 17.9. The second kappa shape index (κ2) is 7.35. The SMILES string of the molecule is O=C(Nc1cc(-n2cnnn2)ccc1F)C1CCCN1C(=O)C12CC3CC(CC(C3)C1)C2. The molecule has 1 N–H and O–H groups in total. The highest BCUT2D eigenvalue weighted by Gasteiger charge is 2.56. The normalized spacial score (nSPS) is 33.0. The van der Waals surface area contributed by atoms with E-state index < -0.39 is 11.9 Å². The molecule has 2 amide bonds. The smallest absolute Gasteiger partial charge is 0.247 e. The Kier molecular flexibility index (Phi) is 4.55. The molecule has 2 heterocycles. The number of tetrazole rings is 1. The number of nitrogens with zero attached hydrogens (tertiary/aromatic N) is 5. The van der Waals surface area contributed by atoms with E-state index in [9.17, 15) is 14.0 Å². The number of nitrogens with one attached hydrogen (secondary N) is 1. The lowest BCUT2D eigenvalue weighted by Gasteiger charge is -2.56. The lowest BCUT2D eigenvalue weighted by atomic mass is 9.49. The first-order chi connectivity index (χ1) is 15.5. The van der Waals surface area contributed by atoms with E-state index in [-0.39, 0.29) is 22.9 Å². The molecular weight excluding hydrogens is 411 g/mol. The van der Waals surface area contributed by atoms with Crippen LogP contribution in [0.2, 0.25) is 0 Å². The Morgan fingerprint density at radius 3 is 2.47 bits per heavy atom. The molecular formula is C23H27FN6O2. The molecule has 4 aliphatic carbocycles. The van der Waals surface area contributed by atoms with Crippen molar-refractivity contribution in [1.82, 2.24) is 25.1 Å². The van der Waals surface area contributed by atoms with E-state index in [0.29, 0.717) is 36.4 Å². The molecule has 1 unspecified atom stereocenters. The van der Waals surface area contributed by atoms with Gasteiger partial charge in [-0.25, -0.2) is 9.07 Å². The van der Waals surface area contributed by atoms with Gasteiger partial charge in [0.15, 0.2) is 0 Å². The molecule has 1 aromatic heterocycles. The van der Waals surface area contributed by atoms with Crippen molar-refractivity contribution in [2.24, 2.45) is 23.2 Å². The molecule has 32 heavy (non-hydrogen) atoms. The number of aromatic nitrogens is 4. The maximum absolute atomic E-state index is 14.5. The van der Waals surface area contributed by atoms with Crippen molar-refractivity contribution in [2.75, 3.05) is 11.9 Å². The molecule has 5 fully saturated rings. The summed E-state index contributed by atoms with van der Waals surface area (Å²) in [6.07, 6.45) is 9.55. The van der Waals surface area contributed by atoms with Crippen molar-refractivity contribution < 1.29 is 14.0 Å². The topological polar surface area (TPSA) is 93.0 Å². The number of rotatable bonds is 4. The Morgan fingerprint density at radius 1 is 1.09 bits per heavy atom. The summed E-state index contributed by atoms with van der Waals surface area (Å²) in [6, 6.07) is 3.77. The van der Waals surface area contributed by atoms with Crippen molar-refractivity contribution >= 4 is 17.5 Å². The van der Waals surface area contributed by atoms with Crippen LogP contribution in [0.5, 0.6) is 0 Å². The Bertz CT molecular complexity index is 1020. The molecule has 0 radical (unpaired) electrons. The summed E-state index contributed by atoms with van der Waals surface area (Å²) in [6.45, 7) is 0.603. The summed E-state index contributed by atoms with van der Waals surface area (Å²) < 4.78 is 15.9. The van der Waals surface area contributed by atoms with Gasteiger partial charge >= 0.3 is 0 Å². The Balaban J connectivity index is 1.21. The number of halogens is 1. The molecule has 5 aliphatic rings. The number of anilines is 1. The van der Waals surface area contributed by atoms with Crippen molar-refractivity contribution in [1.29, 1.82) is 0 Å². The summed E-state index contributed by atoms with van der Waals surface area (Å²) >= 11 is 0. The van der Waals surface area contributed by atoms with Gasteiger partial charge in [-0.3, -0.25) is 9.59 Å². The van der Waals surface area contributed by atoms with E-state index in [0.717, 1.165) is 25.7 Å². The van der Waals surface area contributed by atoms with Gasteiger partial charge in [0.05, 0.1) is 16.8 Å². The fraction of sp³-hybridized carbons (Fsp3) is 0.609. The summed E-state index contributed by atoms with van der Waals surface area (Å²) in [5.74, 6) is 1.31. The minimum absolute atomic E-state index is 0.0668. The summed E-state index contributed by atoms with van der Waals surface area (Å²) in [5, 5.41) is 13.7. The van der Waals surface area contributed by atoms with E-state index in [4.69, 9.17) is 0 Å². The van der Waals surface area contributed by atoms with Gasteiger partial charge in [-0.15, -0.1) is 5.10 Å². The van der Waals surface area contributed by atoms with E-state index in [1.165, 1.54) is 42.4 Å². The molecule has 1 saturated heterocycles. The quantitative estimate of drug-likeness (QED) is 0.792. The highest BCUT2D eigenvalue weighted by molar-refractivity contribution is 5.98. The van der Waals surface area contributed by atoms with Crippen LogP contribution in [-0.4, -0.2) is 49.5 Å². The highest BCUT2D eigenvalue weighted by atomic mass is 19.1. The third-order valence-electron chi connectivity index (χ3n) is 8.13. The fourth-order valence-corrected chi connectivity index (χ4v) is 7.21. The molecule has 7 rings (SSSR count). The molecule has 1 atom stereocenters. The fourth-order valence-electron chi connectivity index (χ4n) is 7.21. The molecule has 1 aliphatic heterocycles. The second-order valence-electron chi connectivity index (χ2n) is 10.3. The number of hydrogen-bond acceptors (Lipinski definition) is 5. The Hall–Kier alpha value is -2.84. The van der Waals surface area contributed by atoms with Gasteiger partial charge in [-0.05, 0) is 97.7 Å². The molecule has 1 aromatic carbocycles. The zero-order valence-corrected chi connectivity index (χ0v) is 17.9. The van der Waals surface area contributed by atoms with Crippen LogP contribution in [-0.2, 0) is 9.59 Å². The second-order valence-corrected chi connectivity index (χ2v) is 10.3. The largest absolute Gasteiger partial charge is 0.330 e. The van der Waals surface area contributed by atoms with E-state index in [2.05, 4.69) is 20.8 Å². The van der Waals surface area contributed by atoms with Gasteiger partial charge in [0.1, 0.15) is 18.2 Å². The van der Waals surface area contributed by atoms with Crippen molar-refractivity contribution in [2.45, 2.75) is 57.4 Å². The van der Waals surface area contributed by atoms with Crippen LogP contribution in [0.15, 0.2) is 24.5 Å². The van der Waals surface area contributed by atoms with Crippen molar-refractivity contribution in [3.8, 4) is 5.69 Å². The monoisotopic (exact) mass is 438 g/mol. The lowest BCUT2D eigenvalue weighted by molar-refractivity contribution is -0.160. The number of benzene rings is 1. The first kappa shape index (κ1) is 19.8.